The average molecular weight is 336 g/mol. The zero-order valence-corrected chi connectivity index (χ0v) is 14.2. The third-order valence-electron chi connectivity index (χ3n) is 4.09. The Labute approximate surface area is 145 Å². The van der Waals surface area contributed by atoms with E-state index in [-0.39, 0.29) is 11.5 Å². The van der Waals surface area contributed by atoms with E-state index in [2.05, 4.69) is 34.0 Å². The van der Waals surface area contributed by atoms with Crippen LogP contribution in [0, 0.1) is 0 Å². The molecule has 25 heavy (non-hydrogen) atoms. The van der Waals surface area contributed by atoms with Crippen molar-refractivity contribution in [3.05, 3.63) is 64.6 Å². The molecule has 0 fully saturated rings. The molecule has 3 aromatic rings. The summed E-state index contributed by atoms with van der Waals surface area (Å²) >= 11 is 0. The van der Waals surface area contributed by atoms with Crippen LogP contribution in [0.15, 0.2) is 53.5 Å². The van der Waals surface area contributed by atoms with Gasteiger partial charge in [-0.05, 0) is 32.0 Å². The molecule has 0 saturated heterocycles. The number of fused-ring (bicyclic) bond motifs is 1. The summed E-state index contributed by atoms with van der Waals surface area (Å²) in [6.07, 6.45) is 1.63. The lowest BCUT2D eigenvalue weighted by atomic mass is 10.1. The first-order valence-corrected chi connectivity index (χ1v) is 8.26. The highest BCUT2D eigenvalue weighted by molar-refractivity contribution is 6.12. The van der Waals surface area contributed by atoms with E-state index in [1.54, 1.807) is 12.3 Å². The van der Waals surface area contributed by atoms with Gasteiger partial charge in [-0.15, -0.1) is 0 Å². The number of nitrogens with zero attached hydrogens (tertiary/aromatic N) is 2. The number of pyridine rings is 2. The molecular weight excluding hydrogens is 316 g/mol. The molecule has 0 aliphatic carbocycles. The molecule has 0 spiro atoms. The number of amides is 1. The predicted octanol–water partition coefficient (Wildman–Crippen LogP) is 3.02. The number of anilines is 2. The van der Waals surface area contributed by atoms with Gasteiger partial charge >= 0.3 is 0 Å². The Morgan fingerprint density at radius 2 is 1.92 bits per heavy atom. The minimum atomic E-state index is -0.334. The van der Waals surface area contributed by atoms with Crippen molar-refractivity contribution >= 4 is 28.3 Å². The number of aromatic amines is 1. The molecule has 1 aromatic carbocycles. The normalized spacial score (nSPS) is 10.6. The number of hydrogen-bond acceptors (Lipinski definition) is 4. The van der Waals surface area contributed by atoms with Gasteiger partial charge in [0, 0.05) is 30.1 Å². The van der Waals surface area contributed by atoms with Crippen molar-refractivity contribution in [3.8, 4) is 0 Å². The lowest BCUT2D eigenvalue weighted by Gasteiger charge is -2.19. The van der Waals surface area contributed by atoms with Crippen LogP contribution in [0.5, 0.6) is 0 Å². The summed E-state index contributed by atoms with van der Waals surface area (Å²) in [6, 6.07) is 12.2. The molecule has 2 aromatic heterocycles. The maximum absolute atomic E-state index is 12.6. The van der Waals surface area contributed by atoms with Crippen molar-refractivity contribution in [1.82, 2.24) is 9.97 Å². The third kappa shape index (κ3) is 3.52. The molecule has 0 saturated carbocycles. The van der Waals surface area contributed by atoms with Gasteiger partial charge < -0.3 is 15.2 Å². The molecule has 0 unspecified atom stereocenters. The maximum atomic E-state index is 12.6. The van der Waals surface area contributed by atoms with E-state index in [0.717, 1.165) is 18.9 Å². The van der Waals surface area contributed by atoms with E-state index < -0.39 is 0 Å². The van der Waals surface area contributed by atoms with Crippen LogP contribution in [-0.2, 0) is 0 Å². The van der Waals surface area contributed by atoms with Gasteiger partial charge in [-0.1, -0.05) is 18.2 Å². The zero-order valence-electron chi connectivity index (χ0n) is 14.2. The quantitative estimate of drug-likeness (QED) is 0.751. The minimum absolute atomic E-state index is 0.307. The van der Waals surface area contributed by atoms with Gasteiger partial charge in [0.25, 0.3) is 5.91 Å². The van der Waals surface area contributed by atoms with Crippen LogP contribution in [0.25, 0.3) is 10.9 Å². The van der Waals surface area contributed by atoms with Gasteiger partial charge in [-0.2, -0.15) is 0 Å². The fraction of sp³-hybridized carbons (Fsp3) is 0.211. The smallest absolute Gasteiger partial charge is 0.256 e. The second-order valence-electron chi connectivity index (χ2n) is 5.62. The Kier molecular flexibility index (Phi) is 4.79. The van der Waals surface area contributed by atoms with Crippen LogP contribution in [-0.4, -0.2) is 29.0 Å². The summed E-state index contributed by atoms with van der Waals surface area (Å²) in [6.45, 7) is 5.87. The molecular formula is C19H20N4O2. The molecule has 6 nitrogen and oxygen atoms in total. The number of carbonyl (C=O) groups is 1. The van der Waals surface area contributed by atoms with E-state index in [9.17, 15) is 9.59 Å². The van der Waals surface area contributed by atoms with E-state index in [0.29, 0.717) is 22.2 Å². The van der Waals surface area contributed by atoms with Crippen LogP contribution < -0.4 is 15.8 Å². The molecule has 0 bridgehead atoms. The van der Waals surface area contributed by atoms with E-state index in [1.807, 2.05) is 30.3 Å². The lowest BCUT2D eigenvalue weighted by Crippen LogP contribution is -2.23. The predicted molar refractivity (Wildman–Crippen MR) is 100 cm³/mol. The summed E-state index contributed by atoms with van der Waals surface area (Å²) in [5.74, 6) is 0.532. The summed E-state index contributed by atoms with van der Waals surface area (Å²) in [5.41, 5.74) is 1.26. The van der Waals surface area contributed by atoms with Crippen LogP contribution >= 0.6 is 0 Å². The summed E-state index contributed by atoms with van der Waals surface area (Å²) in [4.78, 5) is 33.6. The number of rotatable bonds is 5. The van der Waals surface area contributed by atoms with Crippen molar-refractivity contribution in [2.75, 3.05) is 23.3 Å². The Bertz CT molecular complexity index is 944. The van der Waals surface area contributed by atoms with Gasteiger partial charge in [0.2, 0.25) is 5.56 Å². The van der Waals surface area contributed by atoms with E-state index in [4.69, 9.17) is 0 Å². The topological polar surface area (TPSA) is 78.1 Å². The van der Waals surface area contributed by atoms with Gasteiger partial charge in [-0.25, -0.2) is 4.98 Å². The number of benzene rings is 1. The molecule has 128 valence electrons. The van der Waals surface area contributed by atoms with Crippen molar-refractivity contribution in [3.63, 3.8) is 0 Å². The highest BCUT2D eigenvalue weighted by Gasteiger charge is 2.12. The SMILES string of the molecule is CCN(CC)c1ccc(NC(=O)c2cc(=O)[nH]c3ccccc23)cn1. The van der Waals surface area contributed by atoms with E-state index in [1.165, 1.54) is 6.07 Å². The highest BCUT2D eigenvalue weighted by Crippen LogP contribution is 2.18. The maximum Gasteiger partial charge on any atom is 0.256 e. The Balaban J connectivity index is 1.87. The van der Waals surface area contributed by atoms with Crippen LogP contribution in [0.2, 0.25) is 0 Å². The molecule has 0 aliphatic rings. The lowest BCUT2D eigenvalue weighted by molar-refractivity contribution is 0.102. The number of para-hydroxylation sites is 1. The molecule has 1 amide bonds. The van der Waals surface area contributed by atoms with Crippen molar-refractivity contribution < 1.29 is 4.79 Å². The van der Waals surface area contributed by atoms with Gasteiger partial charge in [0.1, 0.15) is 5.82 Å². The minimum Gasteiger partial charge on any atom is -0.357 e. The number of aromatic nitrogens is 2. The molecule has 0 atom stereocenters. The van der Waals surface area contributed by atoms with Crippen molar-refractivity contribution in [2.45, 2.75) is 13.8 Å². The molecule has 0 aliphatic heterocycles. The fourth-order valence-corrected chi connectivity index (χ4v) is 2.79. The Morgan fingerprint density at radius 1 is 1.16 bits per heavy atom. The summed E-state index contributed by atoms with van der Waals surface area (Å²) < 4.78 is 0. The zero-order chi connectivity index (χ0) is 17.8. The first-order chi connectivity index (χ1) is 12.1. The van der Waals surface area contributed by atoms with Gasteiger partial charge in [-0.3, -0.25) is 9.59 Å². The third-order valence-corrected chi connectivity index (χ3v) is 4.09. The van der Waals surface area contributed by atoms with Crippen LogP contribution in [0.1, 0.15) is 24.2 Å². The first-order valence-electron chi connectivity index (χ1n) is 8.26. The highest BCUT2D eigenvalue weighted by atomic mass is 16.2. The largest absolute Gasteiger partial charge is 0.357 e. The molecule has 0 radical (unpaired) electrons. The summed E-state index contributed by atoms with van der Waals surface area (Å²) in [7, 11) is 0. The number of hydrogen-bond donors (Lipinski definition) is 2. The second-order valence-corrected chi connectivity index (χ2v) is 5.62. The van der Waals surface area contributed by atoms with Gasteiger partial charge in [0.05, 0.1) is 17.4 Å². The van der Waals surface area contributed by atoms with Crippen molar-refractivity contribution in [1.29, 1.82) is 0 Å². The molecule has 3 rings (SSSR count). The molecule has 2 heterocycles. The number of carbonyl (C=O) groups excluding carboxylic acids is 1. The fourth-order valence-electron chi connectivity index (χ4n) is 2.79. The molecule has 6 heteroatoms. The Morgan fingerprint density at radius 3 is 2.60 bits per heavy atom. The summed E-state index contributed by atoms with van der Waals surface area (Å²) in [5, 5.41) is 3.51. The van der Waals surface area contributed by atoms with Crippen LogP contribution in [0.3, 0.4) is 0 Å². The molecule has 2 N–H and O–H groups in total. The Hall–Kier alpha value is -3.15. The first kappa shape index (κ1) is 16.7. The standard InChI is InChI=1S/C19H20N4O2/c1-3-23(4-2)17-10-9-13(12-20-17)21-19(25)15-11-18(24)22-16-8-6-5-7-14(15)16/h5-12H,3-4H2,1-2H3,(H,21,25)(H,22,24). The van der Waals surface area contributed by atoms with Crippen molar-refractivity contribution in [2.24, 2.45) is 0 Å². The number of nitrogens with one attached hydrogen (secondary N) is 2. The second kappa shape index (κ2) is 7.17. The monoisotopic (exact) mass is 336 g/mol. The average Bonchev–Trinajstić information content (AvgIpc) is 2.63. The van der Waals surface area contributed by atoms with Crippen LogP contribution in [0.4, 0.5) is 11.5 Å². The van der Waals surface area contributed by atoms with E-state index >= 15 is 0 Å². The number of H-pyrrole nitrogens is 1. The van der Waals surface area contributed by atoms with Gasteiger partial charge in [0.15, 0.2) is 0 Å².